The molecule has 2 N–H and O–H groups in total. The number of piperidine rings is 1. The summed E-state index contributed by atoms with van der Waals surface area (Å²) in [4.78, 5) is 61.7. The zero-order chi connectivity index (χ0) is 42.3. The standard InChI is InChI=1S/C45H53ClN8O6/c1-29(2)53-20-15-37-40(53)23-32(24-41(37)54-21-16-42(55)50-45(54)58)44(57)51(3)28-30-13-18-52(19-14-30)17-4-22-59-36-11-12-39(48-27-36)43(56)49-33-6-9-34(10-7-33)60-35-8-5-31(26-47)38(46)25-35/h5,8,11-12,15,20,23-25,27,29-30,33-34H,4,6-7,9-10,13-14,16-19,21-22,28H2,1-3H3,(H,49,56)(H,50,55,58). The number of halogens is 1. The number of anilines is 1. The number of carbonyl (C=O) groups excluding carboxylic acids is 4. The van der Waals surface area contributed by atoms with Crippen LogP contribution in [0.5, 0.6) is 11.5 Å². The van der Waals surface area contributed by atoms with E-state index in [4.69, 9.17) is 26.3 Å². The highest BCUT2D eigenvalue weighted by Crippen LogP contribution is 2.33. The van der Waals surface area contributed by atoms with E-state index >= 15 is 0 Å². The minimum Gasteiger partial charge on any atom is -0.492 e. The molecule has 14 nitrogen and oxygen atoms in total. The molecule has 0 radical (unpaired) electrons. The van der Waals surface area contributed by atoms with Crippen molar-refractivity contribution >= 4 is 51.9 Å². The summed E-state index contributed by atoms with van der Waals surface area (Å²) in [6, 6.07) is 16.0. The number of benzene rings is 2. The molecule has 1 saturated carbocycles. The highest BCUT2D eigenvalue weighted by atomic mass is 35.5. The third kappa shape index (κ3) is 10.2. The fourth-order valence-corrected chi connectivity index (χ4v) is 8.64. The van der Waals surface area contributed by atoms with Crippen LogP contribution in [-0.4, -0.2) is 102 Å². The molecule has 5 amide bonds. The lowest BCUT2D eigenvalue weighted by molar-refractivity contribution is -0.120. The lowest BCUT2D eigenvalue weighted by Gasteiger charge is -2.34. The minimum atomic E-state index is -0.471. The number of hydrogen-bond acceptors (Lipinski definition) is 9. The molecular formula is C45H53ClN8O6. The van der Waals surface area contributed by atoms with E-state index in [2.05, 4.69) is 45.0 Å². The van der Waals surface area contributed by atoms with E-state index in [1.807, 2.05) is 25.4 Å². The van der Waals surface area contributed by atoms with Gasteiger partial charge in [-0.3, -0.25) is 24.6 Å². The van der Waals surface area contributed by atoms with Crippen LogP contribution in [0.3, 0.4) is 0 Å². The number of hydrogen-bond donors (Lipinski definition) is 2. The molecule has 4 heterocycles. The fraction of sp³-hybridized carbons (Fsp3) is 0.467. The van der Waals surface area contributed by atoms with Crippen LogP contribution in [-0.2, 0) is 4.79 Å². The van der Waals surface area contributed by atoms with Crippen molar-refractivity contribution in [3.8, 4) is 17.6 Å². The van der Waals surface area contributed by atoms with Gasteiger partial charge in [0.25, 0.3) is 11.8 Å². The number of nitrogens with zero attached hydrogens (tertiary/aromatic N) is 6. The molecule has 3 fully saturated rings. The number of amides is 5. The number of pyridine rings is 1. The van der Waals surface area contributed by atoms with E-state index in [0.29, 0.717) is 58.1 Å². The third-order valence-electron chi connectivity index (χ3n) is 11.8. The Morgan fingerprint density at radius 3 is 2.47 bits per heavy atom. The Balaban J connectivity index is 0.811. The highest BCUT2D eigenvalue weighted by Gasteiger charge is 2.29. The summed E-state index contributed by atoms with van der Waals surface area (Å²) in [5.41, 5.74) is 2.79. The number of rotatable bonds is 14. The molecular weight excluding hydrogens is 784 g/mol. The Bertz CT molecular complexity index is 2240. The summed E-state index contributed by atoms with van der Waals surface area (Å²) in [6.07, 6.45) is 9.78. The molecule has 0 atom stereocenters. The number of urea groups is 1. The van der Waals surface area contributed by atoms with E-state index in [1.54, 1.807) is 52.4 Å². The summed E-state index contributed by atoms with van der Waals surface area (Å²) in [6.45, 7) is 8.38. The van der Waals surface area contributed by atoms with Gasteiger partial charge in [0.1, 0.15) is 23.3 Å². The molecule has 3 aliphatic rings. The Morgan fingerprint density at radius 2 is 1.78 bits per heavy atom. The maximum atomic E-state index is 13.9. The van der Waals surface area contributed by atoms with Crippen LogP contribution in [0.2, 0.25) is 5.02 Å². The van der Waals surface area contributed by atoms with Gasteiger partial charge >= 0.3 is 6.03 Å². The van der Waals surface area contributed by atoms with Gasteiger partial charge in [-0.1, -0.05) is 11.6 Å². The van der Waals surface area contributed by atoms with Crippen molar-refractivity contribution in [1.82, 2.24) is 30.0 Å². The van der Waals surface area contributed by atoms with E-state index in [9.17, 15) is 19.2 Å². The molecule has 0 spiro atoms. The Hall–Kier alpha value is -5.65. The number of aromatic nitrogens is 2. The van der Waals surface area contributed by atoms with Crippen molar-refractivity contribution in [1.29, 1.82) is 5.26 Å². The summed E-state index contributed by atoms with van der Waals surface area (Å²) in [5, 5.41) is 15.8. The lowest BCUT2D eigenvalue weighted by Crippen LogP contribution is -2.49. The van der Waals surface area contributed by atoms with E-state index < -0.39 is 6.03 Å². The van der Waals surface area contributed by atoms with Crippen molar-refractivity contribution in [2.24, 2.45) is 5.92 Å². The molecule has 7 rings (SSSR count). The van der Waals surface area contributed by atoms with E-state index in [0.717, 1.165) is 75.5 Å². The van der Waals surface area contributed by atoms with Crippen molar-refractivity contribution in [3.63, 3.8) is 0 Å². The third-order valence-corrected chi connectivity index (χ3v) is 12.1. The largest absolute Gasteiger partial charge is 0.492 e. The fourth-order valence-electron chi connectivity index (χ4n) is 8.43. The first-order valence-electron chi connectivity index (χ1n) is 21.0. The average molecular weight is 837 g/mol. The van der Waals surface area contributed by atoms with Gasteiger partial charge in [-0.15, -0.1) is 0 Å². The number of nitrogens with one attached hydrogen (secondary N) is 2. The average Bonchev–Trinajstić information content (AvgIpc) is 3.68. The molecule has 2 saturated heterocycles. The molecule has 2 aromatic heterocycles. The molecule has 2 aromatic carbocycles. The zero-order valence-corrected chi connectivity index (χ0v) is 35.2. The first-order valence-corrected chi connectivity index (χ1v) is 21.3. The first kappa shape index (κ1) is 42.5. The second-order valence-electron chi connectivity index (χ2n) is 16.4. The maximum Gasteiger partial charge on any atom is 0.328 e. The van der Waals surface area contributed by atoms with Crippen LogP contribution in [0.25, 0.3) is 10.9 Å². The molecule has 1 aliphatic carbocycles. The van der Waals surface area contributed by atoms with E-state index in [-0.39, 0.29) is 48.9 Å². The quantitative estimate of drug-likeness (QED) is 0.128. The van der Waals surface area contributed by atoms with Crippen LogP contribution in [0.1, 0.15) is 97.7 Å². The molecule has 4 aromatic rings. The monoisotopic (exact) mass is 836 g/mol. The van der Waals surface area contributed by atoms with Crippen molar-refractivity contribution in [2.45, 2.75) is 83.4 Å². The van der Waals surface area contributed by atoms with Gasteiger partial charge in [0, 0.05) is 68.4 Å². The number of imide groups is 1. The predicted molar refractivity (Wildman–Crippen MR) is 229 cm³/mol. The molecule has 0 bridgehead atoms. The Kier molecular flexibility index (Phi) is 13.6. The van der Waals surface area contributed by atoms with Crippen LogP contribution in [0, 0.1) is 17.2 Å². The van der Waals surface area contributed by atoms with Crippen molar-refractivity contribution in [3.05, 3.63) is 82.8 Å². The number of ether oxygens (including phenoxy) is 2. The predicted octanol–water partition coefficient (Wildman–Crippen LogP) is 6.96. The summed E-state index contributed by atoms with van der Waals surface area (Å²) >= 11 is 6.14. The smallest absolute Gasteiger partial charge is 0.328 e. The normalized spacial score (nSPS) is 18.9. The molecule has 2 aliphatic heterocycles. The highest BCUT2D eigenvalue weighted by molar-refractivity contribution is 6.31. The zero-order valence-electron chi connectivity index (χ0n) is 34.5. The van der Waals surface area contributed by atoms with Crippen LogP contribution >= 0.6 is 11.6 Å². The molecule has 15 heteroatoms. The van der Waals surface area contributed by atoms with Gasteiger partial charge in [0.15, 0.2) is 0 Å². The van der Waals surface area contributed by atoms with Crippen molar-refractivity contribution in [2.75, 3.05) is 51.3 Å². The van der Waals surface area contributed by atoms with Gasteiger partial charge in [-0.05, 0) is 120 Å². The van der Waals surface area contributed by atoms with Crippen LogP contribution in [0.15, 0.2) is 60.9 Å². The Morgan fingerprint density at radius 1 is 1.02 bits per heavy atom. The van der Waals surface area contributed by atoms with Gasteiger partial charge in [-0.25, -0.2) is 9.78 Å². The Labute approximate surface area is 355 Å². The summed E-state index contributed by atoms with van der Waals surface area (Å²) in [5.74, 6) is 1.04. The summed E-state index contributed by atoms with van der Waals surface area (Å²) < 4.78 is 14.1. The van der Waals surface area contributed by atoms with E-state index in [1.165, 1.54) is 0 Å². The van der Waals surface area contributed by atoms with Crippen molar-refractivity contribution < 1.29 is 28.7 Å². The van der Waals surface area contributed by atoms with Gasteiger partial charge in [-0.2, -0.15) is 5.26 Å². The molecule has 0 unspecified atom stereocenters. The first-order chi connectivity index (χ1) is 28.9. The topological polar surface area (TPSA) is 162 Å². The number of nitriles is 1. The van der Waals surface area contributed by atoms with Crippen LogP contribution in [0.4, 0.5) is 10.5 Å². The second kappa shape index (κ2) is 19.2. The number of likely N-dealkylation sites (tertiary alicyclic amines) is 1. The lowest BCUT2D eigenvalue weighted by atomic mass is 9.92. The minimum absolute atomic E-state index is 0.0224. The maximum absolute atomic E-state index is 13.9. The van der Waals surface area contributed by atoms with Gasteiger partial charge < -0.3 is 29.2 Å². The van der Waals surface area contributed by atoms with Gasteiger partial charge in [0.05, 0.1) is 40.7 Å². The molecule has 316 valence electrons. The number of fused-ring (bicyclic) bond motifs is 1. The number of carbonyl (C=O) groups is 4. The summed E-state index contributed by atoms with van der Waals surface area (Å²) in [7, 11) is 1.85. The molecule has 60 heavy (non-hydrogen) atoms. The second-order valence-corrected chi connectivity index (χ2v) is 16.8. The van der Waals surface area contributed by atoms with Crippen LogP contribution < -0.4 is 25.0 Å². The SMILES string of the molecule is CC(C)n1ccc2c(N3CCC(=O)NC3=O)cc(C(=O)N(C)CC3CCN(CCCOc4ccc(C(=O)NC5CCC(Oc6ccc(C#N)c(Cl)c6)CC5)nc4)CC3)cc21. The van der Waals surface area contributed by atoms with Gasteiger partial charge in [0.2, 0.25) is 5.91 Å².